The van der Waals surface area contributed by atoms with E-state index in [4.69, 9.17) is 14.3 Å². The highest BCUT2D eigenvalue weighted by Gasteiger charge is 2.44. The van der Waals surface area contributed by atoms with Crippen LogP contribution >= 0.6 is 33.9 Å². The first kappa shape index (κ1) is 50.3. The van der Waals surface area contributed by atoms with E-state index in [1.807, 2.05) is 53.8 Å². The van der Waals surface area contributed by atoms with Crippen LogP contribution in [-0.4, -0.2) is 109 Å². The highest BCUT2D eigenvalue weighted by atomic mass is 127. The van der Waals surface area contributed by atoms with Gasteiger partial charge in [0.2, 0.25) is 17.7 Å². The lowest BCUT2D eigenvalue weighted by Crippen LogP contribution is -2.58. The SMILES string of the molecule is Cc1ncsc1-c1ccc(CNC(=O)C2CC(O)CN2C(=O)C(NC(=O)COCCOCCNCCCONC(=O)c2ccc(F)c(F)c2Nc2ccc(I)cc2F)C(C)(C)C)cc1. The lowest BCUT2D eigenvalue weighted by molar-refractivity contribution is -0.144. The van der Waals surface area contributed by atoms with E-state index in [9.17, 15) is 37.5 Å². The second-order valence-electron chi connectivity index (χ2n) is 16.0. The minimum atomic E-state index is -1.34. The lowest BCUT2D eigenvalue weighted by atomic mass is 9.85. The first-order valence-electron chi connectivity index (χ1n) is 20.6. The fourth-order valence-electron chi connectivity index (χ4n) is 6.67. The average Bonchev–Trinajstić information content (AvgIpc) is 3.87. The van der Waals surface area contributed by atoms with Crippen LogP contribution in [0.5, 0.6) is 0 Å². The van der Waals surface area contributed by atoms with Crippen LogP contribution in [0.2, 0.25) is 0 Å². The van der Waals surface area contributed by atoms with Crippen molar-refractivity contribution in [3.8, 4) is 10.4 Å². The smallest absolute Gasteiger partial charge is 0.277 e. The maximum atomic E-state index is 14.6. The number of carbonyl (C=O) groups excluding carboxylic acids is 4. The second kappa shape index (κ2) is 24.0. The number of anilines is 2. The van der Waals surface area contributed by atoms with Crippen molar-refractivity contribution in [3.63, 3.8) is 0 Å². The Balaban J connectivity index is 0.945. The Labute approximate surface area is 387 Å². The molecule has 1 aromatic heterocycles. The molecule has 6 N–H and O–H groups in total. The van der Waals surface area contributed by atoms with Gasteiger partial charge in [0, 0.05) is 29.6 Å². The number of aromatic nitrogens is 1. The summed E-state index contributed by atoms with van der Waals surface area (Å²) in [6.45, 7) is 8.92. The van der Waals surface area contributed by atoms with Crippen molar-refractivity contribution in [1.82, 2.24) is 31.3 Å². The molecule has 20 heteroatoms. The van der Waals surface area contributed by atoms with E-state index in [2.05, 4.69) is 31.7 Å². The zero-order valence-corrected chi connectivity index (χ0v) is 38.9. The second-order valence-corrected chi connectivity index (χ2v) is 18.1. The number of hydroxylamine groups is 1. The third-order valence-electron chi connectivity index (χ3n) is 10.0. The lowest BCUT2D eigenvalue weighted by Gasteiger charge is -2.35. The number of thiazole rings is 1. The zero-order chi connectivity index (χ0) is 46.4. The first-order valence-corrected chi connectivity index (χ1v) is 22.5. The maximum Gasteiger partial charge on any atom is 0.277 e. The number of β-amino-alcohol motifs (C(OH)–C–C–N with tert-alkyl or cyclic N) is 1. The number of aliphatic hydroxyl groups excluding tert-OH is 1. The third kappa shape index (κ3) is 14.4. The summed E-state index contributed by atoms with van der Waals surface area (Å²) in [6, 6.07) is 11.8. The van der Waals surface area contributed by atoms with E-state index in [1.54, 1.807) is 43.7 Å². The monoisotopic (exact) mass is 1020 g/mol. The number of ether oxygens (including phenoxy) is 2. The van der Waals surface area contributed by atoms with Crippen LogP contribution in [0.25, 0.3) is 10.4 Å². The van der Waals surface area contributed by atoms with Gasteiger partial charge in [-0.25, -0.2) is 23.6 Å². The van der Waals surface area contributed by atoms with Crippen molar-refractivity contribution in [1.29, 1.82) is 0 Å². The summed E-state index contributed by atoms with van der Waals surface area (Å²) in [5.74, 6) is -5.52. The van der Waals surface area contributed by atoms with Gasteiger partial charge < -0.3 is 40.7 Å². The molecule has 4 aromatic rings. The van der Waals surface area contributed by atoms with Gasteiger partial charge >= 0.3 is 0 Å². The van der Waals surface area contributed by atoms with E-state index < -0.39 is 70.4 Å². The van der Waals surface area contributed by atoms with E-state index in [0.29, 0.717) is 29.7 Å². The molecule has 3 aromatic carbocycles. The fraction of sp³-hybridized carbons (Fsp3) is 0.432. The van der Waals surface area contributed by atoms with Crippen molar-refractivity contribution >= 4 is 68.9 Å². The molecule has 5 rings (SSSR count). The molecule has 0 radical (unpaired) electrons. The van der Waals surface area contributed by atoms with Crippen LogP contribution in [-0.2, 0) is 35.2 Å². The minimum Gasteiger partial charge on any atom is -0.391 e. The van der Waals surface area contributed by atoms with E-state index in [-0.39, 0.29) is 57.2 Å². The van der Waals surface area contributed by atoms with Crippen molar-refractivity contribution in [2.24, 2.45) is 5.41 Å². The Bertz CT molecular complexity index is 2230. The van der Waals surface area contributed by atoms with Crippen LogP contribution in [0.15, 0.2) is 60.1 Å². The average molecular weight is 1020 g/mol. The molecule has 0 spiro atoms. The van der Waals surface area contributed by atoms with Crippen LogP contribution in [0.3, 0.4) is 0 Å². The maximum absolute atomic E-state index is 14.6. The summed E-state index contributed by atoms with van der Waals surface area (Å²) in [6.07, 6.45) is -0.348. The number of benzene rings is 3. The standard InChI is InChI=1S/C44H53F3IN7O8S/c1-26-39(64-25-51-26)28-8-6-27(7-9-28)22-50-42(59)35-21-30(56)23-55(35)43(60)40(44(2,3)4)53-36(57)24-62-19-18-61-17-15-49-14-5-16-63-54-41(58)31-11-12-32(45)37(47)38(31)52-34-13-10-29(48)20-33(34)46/h6-13,20,25,30,35,40,49,52,56H,5,14-19,21-24H2,1-4H3,(H,50,59)(H,53,57)(H,54,58). The number of halogens is 4. The van der Waals surface area contributed by atoms with Gasteiger partial charge in [-0.05, 0) is 89.4 Å². The largest absolute Gasteiger partial charge is 0.391 e. The summed E-state index contributed by atoms with van der Waals surface area (Å²) in [7, 11) is 0. The van der Waals surface area contributed by atoms with Gasteiger partial charge in [-0.15, -0.1) is 11.3 Å². The Hall–Kier alpha value is -4.71. The highest BCUT2D eigenvalue weighted by molar-refractivity contribution is 14.1. The Kier molecular flexibility index (Phi) is 18.9. The summed E-state index contributed by atoms with van der Waals surface area (Å²) >= 11 is 3.46. The van der Waals surface area contributed by atoms with Gasteiger partial charge in [-0.1, -0.05) is 45.0 Å². The number of rotatable bonds is 22. The molecule has 64 heavy (non-hydrogen) atoms. The molecule has 1 aliphatic heterocycles. The highest BCUT2D eigenvalue weighted by Crippen LogP contribution is 2.30. The molecule has 1 fully saturated rings. The molecule has 2 heterocycles. The molecule has 0 saturated carbocycles. The Morgan fingerprint density at radius 1 is 0.969 bits per heavy atom. The molecule has 1 saturated heterocycles. The zero-order valence-electron chi connectivity index (χ0n) is 35.9. The molecule has 3 unspecified atom stereocenters. The van der Waals surface area contributed by atoms with Gasteiger partial charge in [0.05, 0.1) is 65.6 Å². The van der Waals surface area contributed by atoms with E-state index >= 15 is 0 Å². The normalized spacial score (nSPS) is 15.5. The summed E-state index contributed by atoms with van der Waals surface area (Å²) in [4.78, 5) is 64.8. The molecule has 346 valence electrons. The molecule has 15 nitrogen and oxygen atoms in total. The molecule has 0 bridgehead atoms. The fourth-order valence-corrected chi connectivity index (χ4v) is 7.93. The van der Waals surface area contributed by atoms with Crippen molar-refractivity contribution in [3.05, 3.63) is 98.0 Å². The van der Waals surface area contributed by atoms with Crippen molar-refractivity contribution in [2.45, 2.75) is 65.3 Å². The van der Waals surface area contributed by atoms with Gasteiger partial charge in [-0.3, -0.25) is 24.0 Å². The van der Waals surface area contributed by atoms with Gasteiger partial charge in [0.25, 0.3) is 5.91 Å². The molecular formula is C44H53F3IN7O8S. The number of likely N-dealkylation sites (tertiary alicyclic amines) is 1. The van der Waals surface area contributed by atoms with Crippen LogP contribution in [0.1, 0.15) is 55.2 Å². The molecule has 1 aliphatic rings. The van der Waals surface area contributed by atoms with Crippen LogP contribution in [0, 0.1) is 33.4 Å². The quantitative estimate of drug-likeness (QED) is 0.0337. The topological polar surface area (TPSA) is 192 Å². The number of aliphatic hydroxyl groups is 1. The van der Waals surface area contributed by atoms with E-state index in [0.717, 1.165) is 33.8 Å². The first-order chi connectivity index (χ1) is 30.5. The van der Waals surface area contributed by atoms with Crippen molar-refractivity contribution in [2.75, 3.05) is 58.0 Å². The number of nitrogens with zero attached hydrogens (tertiary/aromatic N) is 2. The minimum absolute atomic E-state index is 0.0434. The number of hydrogen-bond acceptors (Lipinski definition) is 12. The summed E-state index contributed by atoms with van der Waals surface area (Å²) in [5, 5.41) is 21.8. The predicted molar refractivity (Wildman–Crippen MR) is 243 cm³/mol. The molecule has 4 amide bonds. The Morgan fingerprint density at radius 3 is 2.42 bits per heavy atom. The summed E-state index contributed by atoms with van der Waals surface area (Å²) in [5.41, 5.74) is 5.15. The third-order valence-corrected chi connectivity index (χ3v) is 11.7. The number of amides is 4. The number of carbonyl (C=O) groups is 4. The van der Waals surface area contributed by atoms with Gasteiger partial charge in [-0.2, -0.15) is 0 Å². The number of nitrogens with one attached hydrogen (secondary N) is 5. The molecular weight excluding hydrogens is 970 g/mol. The van der Waals surface area contributed by atoms with Crippen molar-refractivity contribution < 1.29 is 51.8 Å². The van der Waals surface area contributed by atoms with Crippen LogP contribution < -0.4 is 26.7 Å². The predicted octanol–water partition coefficient (Wildman–Crippen LogP) is 5.37. The molecule has 3 atom stereocenters. The van der Waals surface area contributed by atoms with E-state index in [1.165, 1.54) is 17.0 Å². The number of aryl methyl sites for hydroxylation is 1. The van der Waals surface area contributed by atoms with Crippen LogP contribution in [0.4, 0.5) is 24.5 Å². The van der Waals surface area contributed by atoms with Gasteiger partial charge in [0.1, 0.15) is 24.5 Å². The summed E-state index contributed by atoms with van der Waals surface area (Å²) < 4.78 is 54.6. The number of hydrogen-bond donors (Lipinski definition) is 6. The van der Waals surface area contributed by atoms with Gasteiger partial charge in [0.15, 0.2) is 11.6 Å². The Morgan fingerprint density at radius 2 is 1.72 bits per heavy atom. The molecule has 0 aliphatic carbocycles.